The van der Waals surface area contributed by atoms with Gasteiger partial charge in [-0.3, -0.25) is 4.79 Å². The lowest BCUT2D eigenvalue weighted by molar-refractivity contribution is 0.0696. The molecule has 0 bridgehead atoms. The number of carbonyl (C=O) groups is 2. The maximum absolute atomic E-state index is 12.5. The predicted molar refractivity (Wildman–Crippen MR) is 85.4 cm³/mol. The normalized spacial score (nSPS) is 13.4. The van der Waals surface area contributed by atoms with E-state index in [0.29, 0.717) is 12.0 Å². The van der Waals surface area contributed by atoms with Crippen molar-refractivity contribution in [2.75, 3.05) is 0 Å². The van der Waals surface area contributed by atoms with Crippen LogP contribution in [0.2, 0.25) is 0 Å². The van der Waals surface area contributed by atoms with Gasteiger partial charge in [0.1, 0.15) is 5.01 Å². The summed E-state index contributed by atoms with van der Waals surface area (Å²) in [6.07, 6.45) is 2.39. The number of aromatic nitrogens is 1. The Morgan fingerprint density at radius 3 is 2.55 bits per heavy atom. The highest BCUT2D eigenvalue weighted by Gasteiger charge is 2.29. The van der Waals surface area contributed by atoms with Crippen molar-refractivity contribution in [2.24, 2.45) is 0 Å². The maximum atomic E-state index is 12.5. The Morgan fingerprint density at radius 2 is 2.00 bits per heavy atom. The minimum Gasteiger partial charge on any atom is -0.478 e. The zero-order chi connectivity index (χ0) is 16.3. The van der Waals surface area contributed by atoms with E-state index in [1.807, 2.05) is 19.2 Å². The smallest absolute Gasteiger partial charge is 0.335 e. The molecule has 116 valence electrons. The molecule has 0 aliphatic carbocycles. The van der Waals surface area contributed by atoms with Crippen molar-refractivity contribution < 1.29 is 14.7 Å². The summed E-state index contributed by atoms with van der Waals surface area (Å²) in [6, 6.07) is 4.61. The number of carboxylic acid groups (broad SMARTS) is 1. The molecule has 1 unspecified atom stereocenters. The number of nitrogens with one attached hydrogen (secondary N) is 1. The monoisotopic (exact) mass is 318 g/mol. The van der Waals surface area contributed by atoms with Gasteiger partial charge in [0.2, 0.25) is 0 Å². The Balaban J connectivity index is 2.30. The molecular formula is C16H18N2O3S. The molecule has 0 saturated carbocycles. The van der Waals surface area contributed by atoms with E-state index >= 15 is 0 Å². The molecule has 0 aliphatic heterocycles. The van der Waals surface area contributed by atoms with Crippen LogP contribution in [0.5, 0.6) is 0 Å². The molecule has 1 aromatic carbocycles. The van der Waals surface area contributed by atoms with Crippen molar-refractivity contribution >= 4 is 23.2 Å². The van der Waals surface area contributed by atoms with Gasteiger partial charge in [-0.25, -0.2) is 9.78 Å². The number of hydrogen-bond donors (Lipinski definition) is 2. The molecule has 1 atom stereocenters. The average molecular weight is 318 g/mol. The Labute approximate surface area is 133 Å². The van der Waals surface area contributed by atoms with E-state index in [2.05, 4.69) is 10.3 Å². The number of nitrogens with zero attached hydrogens (tertiary/aromatic N) is 1. The summed E-state index contributed by atoms with van der Waals surface area (Å²) < 4.78 is 0. The second-order valence-corrected chi connectivity index (χ2v) is 6.26. The SMILES string of the molecule is CCC(C)(NC(=O)c1cc(C)cc(C(=O)O)c1)c1nccs1. The number of rotatable bonds is 5. The summed E-state index contributed by atoms with van der Waals surface area (Å²) in [7, 11) is 0. The zero-order valence-corrected chi connectivity index (χ0v) is 13.5. The highest BCUT2D eigenvalue weighted by molar-refractivity contribution is 7.09. The summed E-state index contributed by atoms with van der Waals surface area (Å²) in [5.74, 6) is -1.35. The Bertz CT molecular complexity index is 697. The highest BCUT2D eigenvalue weighted by Crippen LogP contribution is 2.26. The number of carbonyl (C=O) groups excluding carboxylic acids is 1. The number of carboxylic acids is 1. The van der Waals surface area contributed by atoms with Crippen LogP contribution in [-0.4, -0.2) is 22.0 Å². The molecule has 22 heavy (non-hydrogen) atoms. The van der Waals surface area contributed by atoms with Gasteiger partial charge in [0.05, 0.1) is 11.1 Å². The molecular weight excluding hydrogens is 300 g/mol. The van der Waals surface area contributed by atoms with E-state index in [-0.39, 0.29) is 11.5 Å². The fraction of sp³-hybridized carbons (Fsp3) is 0.312. The zero-order valence-electron chi connectivity index (χ0n) is 12.7. The van der Waals surface area contributed by atoms with E-state index < -0.39 is 11.5 Å². The molecule has 1 amide bonds. The van der Waals surface area contributed by atoms with Gasteiger partial charge in [-0.1, -0.05) is 6.92 Å². The van der Waals surface area contributed by atoms with Gasteiger partial charge in [0.15, 0.2) is 0 Å². The Hall–Kier alpha value is -2.21. The summed E-state index contributed by atoms with van der Waals surface area (Å²) in [4.78, 5) is 27.9. The molecule has 0 saturated heterocycles. The predicted octanol–water partition coefficient (Wildman–Crippen LogP) is 3.20. The largest absolute Gasteiger partial charge is 0.478 e. The van der Waals surface area contributed by atoms with Crippen molar-refractivity contribution in [1.29, 1.82) is 0 Å². The lowest BCUT2D eigenvalue weighted by Gasteiger charge is -2.27. The van der Waals surface area contributed by atoms with Gasteiger partial charge in [0.25, 0.3) is 5.91 Å². The first-order chi connectivity index (χ1) is 10.4. The molecule has 2 rings (SSSR count). The molecule has 0 aliphatic rings. The first-order valence-corrected chi connectivity index (χ1v) is 7.81. The van der Waals surface area contributed by atoms with Crippen molar-refractivity contribution in [3.63, 3.8) is 0 Å². The van der Waals surface area contributed by atoms with E-state index in [4.69, 9.17) is 5.11 Å². The van der Waals surface area contributed by atoms with Crippen LogP contribution in [0.15, 0.2) is 29.8 Å². The van der Waals surface area contributed by atoms with Gasteiger partial charge in [-0.05, 0) is 44.0 Å². The molecule has 0 fully saturated rings. The van der Waals surface area contributed by atoms with E-state index in [9.17, 15) is 9.59 Å². The third-order valence-electron chi connectivity index (χ3n) is 3.59. The van der Waals surface area contributed by atoms with Crippen LogP contribution < -0.4 is 5.32 Å². The van der Waals surface area contributed by atoms with Gasteiger partial charge < -0.3 is 10.4 Å². The summed E-state index contributed by atoms with van der Waals surface area (Å²) in [6.45, 7) is 5.65. The summed E-state index contributed by atoms with van der Waals surface area (Å²) in [5.41, 5.74) is 0.613. The van der Waals surface area contributed by atoms with Gasteiger partial charge in [-0.15, -0.1) is 11.3 Å². The second kappa shape index (κ2) is 6.27. The van der Waals surface area contributed by atoms with Crippen LogP contribution in [0, 0.1) is 6.92 Å². The topological polar surface area (TPSA) is 79.3 Å². The standard InChI is InChI=1S/C16H18N2O3S/c1-4-16(3,15-17-5-6-22-15)18-13(19)11-7-10(2)8-12(9-11)14(20)21/h5-9H,4H2,1-3H3,(H,18,19)(H,20,21). The van der Waals surface area contributed by atoms with E-state index in [0.717, 1.165) is 10.6 Å². The number of aryl methyl sites for hydroxylation is 1. The van der Waals surface area contributed by atoms with Crippen molar-refractivity contribution in [1.82, 2.24) is 10.3 Å². The molecule has 5 nitrogen and oxygen atoms in total. The Kier molecular flexibility index (Phi) is 4.61. The third kappa shape index (κ3) is 3.33. The van der Waals surface area contributed by atoms with E-state index in [1.54, 1.807) is 25.3 Å². The minimum atomic E-state index is -1.05. The van der Waals surface area contributed by atoms with Crippen LogP contribution >= 0.6 is 11.3 Å². The van der Waals surface area contributed by atoms with Gasteiger partial charge in [0, 0.05) is 17.1 Å². The molecule has 1 heterocycles. The van der Waals surface area contributed by atoms with Crippen LogP contribution in [0.4, 0.5) is 0 Å². The van der Waals surface area contributed by atoms with Crippen molar-refractivity contribution in [3.8, 4) is 0 Å². The molecule has 0 radical (unpaired) electrons. The number of benzene rings is 1. The quantitative estimate of drug-likeness (QED) is 0.887. The summed E-state index contributed by atoms with van der Waals surface area (Å²) in [5, 5.41) is 14.8. The van der Waals surface area contributed by atoms with E-state index in [1.165, 1.54) is 17.4 Å². The van der Waals surface area contributed by atoms with Gasteiger partial charge in [-0.2, -0.15) is 0 Å². The number of amides is 1. The lowest BCUT2D eigenvalue weighted by Crippen LogP contribution is -2.43. The molecule has 0 spiro atoms. The number of aromatic carboxylic acids is 1. The third-order valence-corrected chi connectivity index (χ3v) is 4.62. The lowest BCUT2D eigenvalue weighted by atomic mass is 9.98. The van der Waals surface area contributed by atoms with Gasteiger partial charge >= 0.3 is 5.97 Å². The first-order valence-electron chi connectivity index (χ1n) is 6.93. The second-order valence-electron chi connectivity index (χ2n) is 5.37. The average Bonchev–Trinajstić information content (AvgIpc) is 3.01. The first kappa shape index (κ1) is 16.2. The minimum absolute atomic E-state index is 0.109. The number of hydrogen-bond acceptors (Lipinski definition) is 4. The van der Waals surface area contributed by atoms with Crippen molar-refractivity contribution in [2.45, 2.75) is 32.7 Å². The Morgan fingerprint density at radius 1 is 1.32 bits per heavy atom. The van der Waals surface area contributed by atoms with Crippen LogP contribution in [0.25, 0.3) is 0 Å². The molecule has 6 heteroatoms. The van der Waals surface area contributed by atoms with Crippen LogP contribution in [0.3, 0.4) is 0 Å². The summed E-state index contributed by atoms with van der Waals surface area (Å²) >= 11 is 1.48. The van der Waals surface area contributed by atoms with Crippen molar-refractivity contribution in [3.05, 3.63) is 51.5 Å². The van der Waals surface area contributed by atoms with Crippen LogP contribution in [0.1, 0.15) is 51.6 Å². The maximum Gasteiger partial charge on any atom is 0.335 e. The molecule has 2 N–H and O–H groups in total. The number of thiazole rings is 1. The fourth-order valence-corrected chi connectivity index (χ4v) is 2.98. The molecule has 2 aromatic rings. The fourth-order valence-electron chi connectivity index (χ4n) is 2.15. The highest BCUT2D eigenvalue weighted by atomic mass is 32.1. The molecule has 1 aromatic heterocycles. The van der Waals surface area contributed by atoms with Crippen LogP contribution in [-0.2, 0) is 5.54 Å².